The van der Waals surface area contributed by atoms with Crippen molar-refractivity contribution >= 4 is 45.0 Å². The van der Waals surface area contributed by atoms with Crippen LogP contribution in [0.15, 0.2) is 59.8 Å². The molecular weight excluding hydrogens is 429 g/mol. The van der Waals surface area contributed by atoms with E-state index in [1.807, 2.05) is 55.3 Å². The highest BCUT2D eigenvalue weighted by molar-refractivity contribution is 7.99. The number of fused-ring (bicyclic) bond motifs is 1. The van der Waals surface area contributed by atoms with E-state index < -0.39 is 11.9 Å². The highest BCUT2D eigenvalue weighted by Gasteiger charge is 2.27. The number of anilines is 2. The maximum Gasteiger partial charge on any atom is 0.398 e. The standard InChI is InChI=1S/C21H17F3N4S2/c1-13-5-6-15(10-17(13)29-12-21(22,23)24)28(2)18-8-7-16-20(27-18)30-19(26-16)14-4-3-9-25-11-14/h3-11H,12H2,1-2H3. The molecule has 4 aromatic rings. The van der Waals surface area contributed by atoms with Gasteiger partial charge in [-0.05, 0) is 48.9 Å². The highest BCUT2D eigenvalue weighted by Crippen LogP contribution is 2.35. The van der Waals surface area contributed by atoms with E-state index in [9.17, 15) is 13.2 Å². The van der Waals surface area contributed by atoms with Crippen molar-refractivity contribution in [3.8, 4) is 10.6 Å². The van der Waals surface area contributed by atoms with Crippen molar-refractivity contribution in [3.05, 3.63) is 60.4 Å². The van der Waals surface area contributed by atoms with E-state index in [0.29, 0.717) is 10.7 Å². The molecule has 4 nitrogen and oxygen atoms in total. The number of halogens is 3. The fourth-order valence-corrected chi connectivity index (χ4v) is 4.59. The zero-order chi connectivity index (χ0) is 21.3. The third-order valence-electron chi connectivity index (χ3n) is 4.44. The molecule has 0 amide bonds. The second-order valence-corrected chi connectivity index (χ2v) is 8.66. The minimum absolute atomic E-state index is 0.606. The minimum atomic E-state index is -4.20. The van der Waals surface area contributed by atoms with Gasteiger partial charge in [0.2, 0.25) is 0 Å². The Hall–Kier alpha value is -2.65. The summed E-state index contributed by atoms with van der Waals surface area (Å²) in [6.45, 7) is 1.81. The molecule has 0 radical (unpaired) electrons. The number of aryl methyl sites for hydroxylation is 1. The van der Waals surface area contributed by atoms with Gasteiger partial charge in [0.15, 0.2) is 0 Å². The maximum atomic E-state index is 12.6. The second-order valence-electron chi connectivity index (χ2n) is 6.67. The summed E-state index contributed by atoms with van der Waals surface area (Å²) in [6, 6.07) is 13.0. The van der Waals surface area contributed by atoms with Gasteiger partial charge >= 0.3 is 6.18 Å². The number of nitrogens with zero attached hydrogens (tertiary/aromatic N) is 4. The highest BCUT2D eigenvalue weighted by atomic mass is 32.2. The van der Waals surface area contributed by atoms with Crippen molar-refractivity contribution < 1.29 is 13.2 Å². The van der Waals surface area contributed by atoms with Crippen molar-refractivity contribution in [1.29, 1.82) is 0 Å². The molecule has 3 heterocycles. The lowest BCUT2D eigenvalue weighted by molar-refractivity contribution is -0.105. The van der Waals surface area contributed by atoms with Crippen LogP contribution in [0.1, 0.15) is 5.56 Å². The van der Waals surface area contributed by atoms with Crippen LogP contribution in [0.2, 0.25) is 0 Å². The fraction of sp³-hybridized carbons (Fsp3) is 0.190. The first kappa shape index (κ1) is 20.6. The van der Waals surface area contributed by atoms with Crippen LogP contribution in [0.25, 0.3) is 20.9 Å². The van der Waals surface area contributed by atoms with E-state index in [0.717, 1.165) is 43.9 Å². The fourth-order valence-electron chi connectivity index (χ4n) is 2.85. The van der Waals surface area contributed by atoms with Crippen molar-refractivity contribution in [2.45, 2.75) is 18.0 Å². The maximum absolute atomic E-state index is 12.6. The average molecular weight is 447 g/mol. The van der Waals surface area contributed by atoms with Crippen LogP contribution < -0.4 is 4.90 Å². The SMILES string of the molecule is Cc1ccc(N(C)c2ccc3nc(-c4cccnc4)sc3n2)cc1SCC(F)(F)F. The first-order valence-corrected chi connectivity index (χ1v) is 10.8. The molecule has 0 saturated heterocycles. The third-order valence-corrected chi connectivity index (χ3v) is 6.68. The van der Waals surface area contributed by atoms with Gasteiger partial charge in [-0.15, -0.1) is 11.8 Å². The summed E-state index contributed by atoms with van der Waals surface area (Å²) in [5, 5.41) is 0.839. The summed E-state index contributed by atoms with van der Waals surface area (Å²) in [7, 11) is 1.85. The van der Waals surface area contributed by atoms with E-state index in [1.54, 1.807) is 18.5 Å². The minimum Gasteiger partial charge on any atom is -0.329 e. The number of thiazole rings is 1. The largest absolute Gasteiger partial charge is 0.398 e. The Bertz CT molecular complexity index is 1180. The smallest absolute Gasteiger partial charge is 0.329 e. The summed E-state index contributed by atoms with van der Waals surface area (Å²) in [4.78, 5) is 16.7. The van der Waals surface area contributed by atoms with Gasteiger partial charge in [-0.1, -0.05) is 17.4 Å². The molecule has 154 valence electrons. The summed E-state index contributed by atoms with van der Waals surface area (Å²) >= 11 is 2.27. The molecule has 0 atom stereocenters. The Labute approximate surface area is 179 Å². The van der Waals surface area contributed by atoms with E-state index in [1.165, 1.54) is 11.3 Å². The Morgan fingerprint density at radius 3 is 2.67 bits per heavy atom. The van der Waals surface area contributed by atoms with E-state index in [2.05, 4.69) is 9.97 Å². The van der Waals surface area contributed by atoms with Gasteiger partial charge < -0.3 is 4.90 Å². The van der Waals surface area contributed by atoms with E-state index >= 15 is 0 Å². The number of benzene rings is 1. The molecule has 0 aliphatic rings. The lowest BCUT2D eigenvalue weighted by Crippen LogP contribution is -2.12. The number of rotatable bonds is 5. The normalized spacial score (nSPS) is 11.8. The summed E-state index contributed by atoms with van der Waals surface area (Å²) in [5.41, 5.74) is 3.31. The monoisotopic (exact) mass is 446 g/mol. The molecular formula is C21H17F3N4S2. The molecule has 3 aromatic heterocycles. The van der Waals surface area contributed by atoms with Crippen LogP contribution in [0, 0.1) is 6.92 Å². The first-order chi connectivity index (χ1) is 14.3. The number of alkyl halides is 3. The Kier molecular flexibility index (Phi) is 5.66. The van der Waals surface area contributed by atoms with E-state index in [-0.39, 0.29) is 0 Å². The number of pyridine rings is 2. The Morgan fingerprint density at radius 1 is 1.10 bits per heavy atom. The molecule has 9 heteroatoms. The second kappa shape index (κ2) is 8.23. The molecule has 0 bridgehead atoms. The molecule has 0 saturated carbocycles. The molecule has 0 aliphatic carbocycles. The van der Waals surface area contributed by atoms with Crippen molar-refractivity contribution in [2.75, 3.05) is 17.7 Å². The summed E-state index contributed by atoms with van der Waals surface area (Å²) in [5.74, 6) is -0.219. The summed E-state index contributed by atoms with van der Waals surface area (Å²) in [6.07, 6.45) is -0.730. The lowest BCUT2D eigenvalue weighted by atomic mass is 10.2. The quantitative estimate of drug-likeness (QED) is 0.328. The number of hydrogen-bond acceptors (Lipinski definition) is 6. The Morgan fingerprint density at radius 2 is 1.93 bits per heavy atom. The third kappa shape index (κ3) is 4.57. The number of hydrogen-bond donors (Lipinski definition) is 0. The lowest BCUT2D eigenvalue weighted by Gasteiger charge is -2.20. The zero-order valence-corrected chi connectivity index (χ0v) is 17.8. The van der Waals surface area contributed by atoms with Crippen molar-refractivity contribution in [2.24, 2.45) is 0 Å². The van der Waals surface area contributed by atoms with Gasteiger partial charge in [-0.25, -0.2) is 9.97 Å². The number of thioether (sulfide) groups is 1. The van der Waals surface area contributed by atoms with Crippen LogP contribution in [0.4, 0.5) is 24.7 Å². The van der Waals surface area contributed by atoms with Crippen molar-refractivity contribution in [1.82, 2.24) is 15.0 Å². The molecule has 0 N–H and O–H groups in total. The van der Waals surface area contributed by atoms with Gasteiger partial charge in [0.1, 0.15) is 21.2 Å². The topological polar surface area (TPSA) is 41.9 Å². The molecule has 0 spiro atoms. The molecule has 30 heavy (non-hydrogen) atoms. The molecule has 1 aromatic carbocycles. The van der Waals surface area contributed by atoms with Gasteiger partial charge in [0.05, 0.1) is 5.75 Å². The van der Waals surface area contributed by atoms with Crippen LogP contribution >= 0.6 is 23.1 Å². The van der Waals surface area contributed by atoms with Gasteiger partial charge in [0, 0.05) is 35.6 Å². The zero-order valence-electron chi connectivity index (χ0n) is 16.1. The average Bonchev–Trinajstić information content (AvgIpc) is 3.16. The molecule has 4 rings (SSSR count). The predicted molar refractivity (Wildman–Crippen MR) is 117 cm³/mol. The van der Waals surface area contributed by atoms with Crippen LogP contribution in [-0.2, 0) is 0 Å². The van der Waals surface area contributed by atoms with Crippen LogP contribution in [-0.4, -0.2) is 33.9 Å². The van der Waals surface area contributed by atoms with Crippen LogP contribution in [0.3, 0.4) is 0 Å². The first-order valence-electron chi connectivity index (χ1n) is 9.02. The molecule has 0 aliphatic heterocycles. The number of aromatic nitrogens is 3. The van der Waals surface area contributed by atoms with Gasteiger partial charge in [-0.3, -0.25) is 4.98 Å². The van der Waals surface area contributed by atoms with Crippen LogP contribution in [0.5, 0.6) is 0 Å². The molecule has 0 unspecified atom stereocenters. The Balaban J connectivity index is 1.62. The predicted octanol–water partition coefficient (Wildman–Crippen LogP) is 6.48. The van der Waals surface area contributed by atoms with Gasteiger partial charge in [0.25, 0.3) is 0 Å². The summed E-state index contributed by atoms with van der Waals surface area (Å²) < 4.78 is 37.9. The van der Waals surface area contributed by atoms with E-state index in [4.69, 9.17) is 4.98 Å². The van der Waals surface area contributed by atoms with Gasteiger partial charge in [-0.2, -0.15) is 13.2 Å². The molecule has 0 fully saturated rings. The van der Waals surface area contributed by atoms with Crippen molar-refractivity contribution in [3.63, 3.8) is 0 Å².